The Balaban J connectivity index is 1.81. The number of halogens is 1. The predicted molar refractivity (Wildman–Crippen MR) is 120 cm³/mol. The molecule has 0 radical (unpaired) electrons. The fourth-order valence-corrected chi connectivity index (χ4v) is 4.24. The zero-order valence-electron chi connectivity index (χ0n) is 18.1. The van der Waals surface area contributed by atoms with Crippen molar-refractivity contribution in [1.82, 2.24) is 4.57 Å². The van der Waals surface area contributed by atoms with E-state index >= 15 is 0 Å². The average molecular weight is 461 g/mol. The van der Waals surface area contributed by atoms with Gasteiger partial charge in [-0.2, -0.15) is 0 Å². The average Bonchev–Trinajstić information content (AvgIpc) is 3.09. The Morgan fingerprint density at radius 2 is 1.91 bits per heavy atom. The third-order valence-electron chi connectivity index (χ3n) is 5.19. The Morgan fingerprint density at radius 3 is 2.53 bits per heavy atom. The molecule has 0 saturated carbocycles. The molecule has 2 aromatic carbocycles. The highest BCUT2D eigenvalue weighted by Crippen LogP contribution is 2.23. The lowest BCUT2D eigenvalue weighted by molar-refractivity contribution is 0.103. The molecule has 0 amide bonds. The maximum absolute atomic E-state index is 14.6. The van der Waals surface area contributed by atoms with Crippen molar-refractivity contribution in [2.24, 2.45) is 7.05 Å². The van der Waals surface area contributed by atoms with Gasteiger partial charge in [0.05, 0.1) is 30.9 Å². The molecule has 7 nitrogen and oxygen atoms in total. The smallest absolute Gasteiger partial charge is 0.234 e. The molecule has 3 aromatic rings. The first-order valence-electron chi connectivity index (χ1n) is 9.89. The van der Waals surface area contributed by atoms with Crippen LogP contribution in [-0.4, -0.2) is 43.3 Å². The Labute approximate surface area is 186 Å². The maximum Gasteiger partial charge on any atom is 0.234 e. The number of sulfonamides is 1. The van der Waals surface area contributed by atoms with E-state index in [9.17, 15) is 17.6 Å². The van der Waals surface area contributed by atoms with Gasteiger partial charge in [-0.3, -0.25) is 9.52 Å². The van der Waals surface area contributed by atoms with Gasteiger partial charge in [0.2, 0.25) is 15.8 Å². The summed E-state index contributed by atoms with van der Waals surface area (Å²) in [6.45, 7) is 1.31. The fraction of sp³-hybridized carbons (Fsp3) is 0.261. The molecule has 0 aliphatic carbocycles. The van der Waals surface area contributed by atoms with Crippen molar-refractivity contribution in [3.05, 3.63) is 82.4 Å². The number of ketones is 1. The van der Waals surface area contributed by atoms with Crippen LogP contribution in [0.4, 0.5) is 10.1 Å². The lowest BCUT2D eigenvalue weighted by Gasteiger charge is -2.11. The molecule has 0 saturated heterocycles. The molecule has 9 heteroatoms. The van der Waals surface area contributed by atoms with E-state index in [4.69, 9.17) is 9.84 Å². The van der Waals surface area contributed by atoms with E-state index in [0.717, 1.165) is 17.3 Å². The van der Waals surface area contributed by atoms with Crippen LogP contribution < -0.4 is 9.46 Å². The quantitative estimate of drug-likeness (QED) is 0.479. The molecule has 170 valence electrons. The van der Waals surface area contributed by atoms with E-state index in [1.807, 2.05) is 6.92 Å². The number of carbonyl (C=O) groups is 1. The highest BCUT2D eigenvalue weighted by molar-refractivity contribution is 7.92. The number of aryl methyl sites for hydroxylation is 1. The number of carbonyl (C=O) groups excluding carboxylic acids is 1. The van der Waals surface area contributed by atoms with Crippen molar-refractivity contribution in [1.29, 1.82) is 0 Å². The SMILES string of the molecule is COc1ccc(C(=O)c2ccc(Cc3ccc(NS(=O)(=O)CCO)cc3F)n2C)c(C)c1. The van der Waals surface area contributed by atoms with Gasteiger partial charge >= 0.3 is 0 Å². The molecular weight excluding hydrogens is 435 g/mol. The Hall–Kier alpha value is -3.17. The van der Waals surface area contributed by atoms with E-state index in [1.54, 1.807) is 49.1 Å². The van der Waals surface area contributed by atoms with Crippen molar-refractivity contribution in [2.75, 3.05) is 24.2 Å². The number of anilines is 1. The molecule has 3 rings (SSSR count). The molecule has 1 heterocycles. The molecule has 32 heavy (non-hydrogen) atoms. The van der Waals surface area contributed by atoms with Gasteiger partial charge in [0.1, 0.15) is 11.6 Å². The van der Waals surface area contributed by atoms with E-state index in [-0.39, 0.29) is 17.9 Å². The van der Waals surface area contributed by atoms with E-state index in [2.05, 4.69) is 4.72 Å². The molecule has 0 spiro atoms. The Bertz CT molecular complexity index is 1250. The van der Waals surface area contributed by atoms with Crippen LogP contribution in [0.3, 0.4) is 0 Å². The van der Waals surface area contributed by atoms with Gasteiger partial charge in [-0.25, -0.2) is 12.8 Å². The number of aliphatic hydroxyl groups excluding tert-OH is 1. The third kappa shape index (κ3) is 5.17. The van der Waals surface area contributed by atoms with Crippen LogP contribution in [0.25, 0.3) is 0 Å². The van der Waals surface area contributed by atoms with Crippen molar-refractivity contribution in [2.45, 2.75) is 13.3 Å². The zero-order valence-corrected chi connectivity index (χ0v) is 18.9. The van der Waals surface area contributed by atoms with Crippen LogP contribution in [-0.2, 0) is 23.5 Å². The third-order valence-corrected chi connectivity index (χ3v) is 6.46. The number of rotatable bonds is 9. The molecule has 0 fully saturated rings. The highest BCUT2D eigenvalue weighted by Gasteiger charge is 2.18. The molecule has 1 aromatic heterocycles. The number of aliphatic hydroxyl groups is 1. The summed E-state index contributed by atoms with van der Waals surface area (Å²) in [5.74, 6) is -0.518. The number of aromatic nitrogens is 1. The number of ether oxygens (including phenoxy) is 1. The fourth-order valence-electron chi connectivity index (χ4n) is 3.41. The summed E-state index contributed by atoms with van der Waals surface area (Å²) in [6.07, 6.45) is 0.223. The van der Waals surface area contributed by atoms with Gasteiger partial charge in [-0.15, -0.1) is 0 Å². The Kier molecular flexibility index (Phi) is 7.00. The topological polar surface area (TPSA) is 97.6 Å². The van der Waals surface area contributed by atoms with E-state index in [0.29, 0.717) is 22.6 Å². The highest BCUT2D eigenvalue weighted by atomic mass is 32.2. The summed E-state index contributed by atoms with van der Waals surface area (Å²) < 4.78 is 47.2. The van der Waals surface area contributed by atoms with Crippen LogP contribution in [0.2, 0.25) is 0 Å². The van der Waals surface area contributed by atoms with Gasteiger partial charge < -0.3 is 14.4 Å². The molecule has 0 aliphatic heterocycles. The summed E-state index contributed by atoms with van der Waals surface area (Å²) in [7, 11) is -0.425. The first-order chi connectivity index (χ1) is 15.1. The molecule has 0 atom stereocenters. The van der Waals surface area contributed by atoms with Gasteiger partial charge in [-0.1, -0.05) is 6.07 Å². The lowest BCUT2D eigenvalue weighted by Crippen LogP contribution is -2.19. The van der Waals surface area contributed by atoms with Gasteiger partial charge in [-0.05, 0) is 60.5 Å². The van der Waals surface area contributed by atoms with E-state index in [1.165, 1.54) is 12.1 Å². The summed E-state index contributed by atoms with van der Waals surface area (Å²) >= 11 is 0. The minimum absolute atomic E-state index is 0.0810. The van der Waals surface area contributed by atoms with E-state index < -0.39 is 28.2 Å². The first kappa shape index (κ1) is 23.5. The second kappa shape index (κ2) is 9.54. The first-order valence-corrected chi connectivity index (χ1v) is 11.5. The minimum atomic E-state index is -3.74. The number of benzene rings is 2. The molecule has 0 aliphatic rings. The van der Waals surface area contributed by atoms with Crippen LogP contribution >= 0.6 is 0 Å². The molecule has 0 unspecified atom stereocenters. The zero-order chi connectivity index (χ0) is 23.5. The minimum Gasteiger partial charge on any atom is -0.497 e. The molecule has 2 N–H and O–H groups in total. The maximum atomic E-state index is 14.6. The van der Waals surface area contributed by atoms with Crippen LogP contribution in [0, 0.1) is 12.7 Å². The summed E-state index contributed by atoms with van der Waals surface area (Å²) in [5.41, 5.74) is 2.99. The van der Waals surface area contributed by atoms with Crippen molar-refractivity contribution < 1.29 is 27.4 Å². The molecule has 0 bridgehead atoms. The van der Waals surface area contributed by atoms with Crippen molar-refractivity contribution in [3.63, 3.8) is 0 Å². The van der Waals surface area contributed by atoms with Crippen LogP contribution in [0.1, 0.15) is 32.9 Å². The number of nitrogens with zero attached hydrogens (tertiary/aromatic N) is 1. The van der Waals surface area contributed by atoms with Gasteiger partial charge in [0, 0.05) is 24.7 Å². The number of methoxy groups -OCH3 is 1. The second-order valence-corrected chi connectivity index (χ2v) is 9.25. The summed E-state index contributed by atoms with van der Waals surface area (Å²) in [5, 5.41) is 8.80. The molecular formula is C23H25FN2O5S. The predicted octanol–water partition coefficient (Wildman–Crippen LogP) is 3.04. The van der Waals surface area contributed by atoms with Crippen molar-refractivity contribution >= 4 is 21.5 Å². The largest absolute Gasteiger partial charge is 0.497 e. The second-order valence-electron chi connectivity index (χ2n) is 7.41. The van der Waals surface area contributed by atoms with Crippen LogP contribution in [0.15, 0.2) is 48.5 Å². The van der Waals surface area contributed by atoms with Gasteiger partial charge in [0.25, 0.3) is 0 Å². The standard InChI is InChI=1S/C23H25FN2O5S/c1-15-12-19(31-3)7-8-20(15)23(28)22-9-6-18(26(22)2)13-16-4-5-17(14-21(16)24)25-32(29,30)11-10-27/h4-9,12,14,25,27H,10-11,13H2,1-3H3. The normalized spacial score (nSPS) is 11.4. The van der Waals surface area contributed by atoms with Crippen molar-refractivity contribution in [3.8, 4) is 5.75 Å². The van der Waals surface area contributed by atoms with Gasteiger partial charge in [0.15, 0.2) is 0 Å². The van der Waals surface area contributed by atoms with Crippen LogP contribution in [0.5, 0.6) is 5.75 Å². The monoisotopic (exact) mass is 460 g/mol. The number of hydrogen-bond donors (Lipinski definition) is 2. The number of nitrogens with one attached hydrogen (secondary N) is 1. The summed E-state index contributed by atoms with van der Waals surface area (Å²) in [6, 6.07) is 12.8. The number of hydrogen-bond acceptors (Lipinski definition) is 5. The lowest BCUT2D eigenvalue weighted by atomic mass is 10.0. The summed E-state index contributed by atoms with van der Waals surface area (Å²) in [4.78, 5) is 13.0. The Morgan fingerprint density at radius 1 is 1.16 bits per heavy atom.